The first kappa shape index (κ1) is 14.4. The number of nitrogens with one attached hydrogen (secondary N) is 1. The number of aromatic amines is 1. The predicted octanol–water partition coefficient (Wildman–Crippen LogP) is 2.78. The van der Waals surface area contributed by atoms with E-state index in [0.29, 0.717) is 40.2 Å². The molecule has 0 radical (unpaired) electrons. The lowest BCUT2D eigenvalue weighted by atomic mass is 10.1. The molecule has 0 amide bonds. The molecule has 0 atom stereocenters. The van der Waals surface area contributed by atoms with Gasteiger partial charge in [-0.2, -0.15) is 0 Å². The van der Waals surface area contributed by atoms with Crippen molar-refractivity contribution in [1.82, 2.24) is 19.4 Å². The second-order valence-electron chi connectivity index (χ2n) is 5.25. The van der Waals surface area contributed by atoms with Crippen LogP contribution in [-0.2, 0) is 0 Å². The van der Waals surface area contributed by atoms with Gasteiger partial charge in [0.2, 0.25) is 0 Å². The quantitative estimate of drug-likeness (QED) is 0.629. The highest BCUT2D eigenvalue weighted by atomic mass is 19.1. The highest BCUT2D eigenvalue weighted by Crippen LogP contribution is 2.27. The molecule has 0 fully saturated rings. The number of rotatable bonds is 3. The van der Waals surface area contributed by atoms with Crippen LogP contribution in [0.4, 0.5) is 4.39 Å². The van der Waals surface area contributed by atoms with Crippen molar-refractivity contribution in [3.63, 3.8) is 0 Å². The number of ether oxygens (including phenoxy) is 1. The summed E-state index contributed by atoms with van der Waals surface area (Å²) in [6.07, 6.45) is 4.72. The molecule has 0 unspecified atom stereocenters. The van der Waals surface area contributed by atoms with Gasteiger partial charge in [0.1, 0.15) is 11.6 Å². The Bertz CT molecular complexity index is 1120. The molecule has 4 aromatic rings. The van der Waals surface area contributed by atoms with Crippen LogP contribution in [0.2, 0.25) is 0 Å². The SMILES string of the molecule is CCOc1ccc(-c2cn3c(=O)[nH]c4ccncc4c3n2)c(F)c1. The van der Waals surface area contributed by atoms with Crippen LogP contribution < -0.4 is 10.4 Å². The highest BCUT2D eigenvalue weighted by molar-refractivity contribution is 5.91. The predicted molar refractivity (Wildman–Crippen MR) is 87.7 cm³/mol. The summed E-state index contributed by atoms with van der Waals surface area (Å²) in [5.74, 6) is -0.00164. The number of hydrogen-bond acceptors (Lipinski definition) is 4. The molecule has 1 N–H and O–H groups in total. The fourth-order valence-corrected chi connectivity index (χ4v) is 2.67. The molecule has 0 aliphatic heterocycles. The molecular weight excluding hydrogens is 311 g/mol. The zero-order valence-electron chi connectivity index (χ0n) is 12.8. The van der Waals surface area contributed by atoms with Crippen molar-refractivity contribution in [2.45, 2.75) is 6.92 Å². The van der Waals surface area contributed by atoms with Crippen molar-refractivity contribution in [2.75, 3.05) is 6.61 Å². The zero-order valence-corrected chi connectivity index (χ0v) is 12.8. The molecule has 0 spiro atoms. The Kier molecular flexibility index (Phi) is 3.26. The first-order chi connectivity index (χ1) is 11.7. The summed E-state index contributed by atoms with van der Waals surface area (Å²) in [5, 5.41) is 0.690. The van der Waals surface area contributed by atoms with Crippen molar-refractivity contribution < 1.29 is 9.13 Å². The van der Waals surface area contributed by atoms with Crippen molar-refractivity contribution in [1.29, 1.82) is 0 Å². The van der Waals surface area contributed by atoms with Crippen LogP contribution >= 0.6 is 0 Å². The first-order valence-electron chi connectivity index (χ1n) is 7.45. The zero-order chi connectivity index (χ0) is 16.7. The molecule has 6 nitrogen and oxygen atoms in total. The van der Waals surface area contributed by atoms with E-state index in [1.165, 1.54) is 16.7 Å². The maximum Gasteiger partial charge on any atom is 0.331 e. The fourth-order valence-electron chi connectivity index (χ4n) is 2.67. The number of H-pyrrole nitrogens is 1. The maximum atomic E-state index is 14.4. The van der Waals surface area contributed by atoms with E-state index >= 15 is 0 Å². The van der Waals surface area contributed by atoms with Gasteiger partial charge < -0.3 is 9.72 Å². The molecule has 3 heterocycles. The first-order valence-corrected chi connectivity index (χ1v) is 7.45. The van der Waals surface area contributed by atoms with E-state index in [-0.39, 0.29) is 5.69 Å². The Morgan fingerprint density at radius 1 is 1.33 bits per heavy atom. The van der Waals surface area contributed by atoms with Gasteiger partial charge in [0, 0.05) is 30.2 Å². The summed E-state index contributed by atoms with van der Waals surface area (Å²) in [5.41, 5.74) is 1.40. The lowest BCUT2D eigenvalue weighted by molar-refractivity contribution is 0.338. The summed E-state index contributed by atoms with van der Waals surface area (Å²) in [6, 6.07) is 6.28. The molecule has 120 valence electrons. The van der Waals surface area contributed by atoms with E-state index < -0.39 is 5.82 Å². The van der Waals surface area contributed by atoms with Crippen molar-refractivity contribution in [3.05, 3.63) is 59.2 Å². The van der Waals surface area contributed by atoms with Crippen molar-refractivity contribution in [3.8, 4) is 17.0 Å². The summed E-state index contributed by atoms with van der Waals surface area (Å²) in [7, 11) is 0. The van der Waals surface area contributed by atoms with Crippen LogP contribution in [0.15, 0.2) is 47.7 Å². The number of benzene rings is 1. The van der Waals surface area contributed by atoms with Crippen LogP contribution in [0.5, 0.6) is 5.75 Å². The van der Waals surface area contributed by atoms with Crippen molar-refractivity contribution >= 4 is 16.6 Å². The summed E-state index contributed by atoms with van der Waals surface area (Å²) in [6.45, 7) is 2.29. The van der Waals surface area contributed by atoms with Gasteiger partial charge in [0.15, 0.2) is 5.65 Å². The summed E-state index contributed by atoms with van der Waals surface area (Å²) < 4.78 is 21.0. The second-order valence-corrected chi connectivity index (χ2v) is 5.25. The van der Waals surface area contributed by atoms with E-state index in [2.05, 4.69) is 15.0 Å². The van der Waals surface area contributed by atoms with Gasteiger partial charge in [-0.25, -0.2) is 14.2 Å². The molecule has 1 aromatic carbocycles. The van der Waals surface area contributed by atoms with Gasteiger partial charge in [0.05, 0.1) is 23.2 Å². The number of aromatic nitrogens is 4. The van der Waals surface area contributed by atoms with Crippen molar-refractivity contribution in [2.24, 2.45) is 0 Å². The average molecular weight is 324 g/mol. The van der Waals surface area contributed by atoms with Crippen LogP contribution in [0.25, 0.3) is 27.8 Å². The van der Waals surface area contributed by atoms with Gasteiger partial charge in [-0.3, -0.25) is 9.38 Å². The topological polar surface area (TPSA) is 72.3 Å². The monoisotopic (exact) mass is 324 g/mol. The van der Waals surface area contributed by atoms with E-state index in [9.17, 15) is 9.18 Å². The third-order valence-corrected chi connectivity index (χ3v) is 3.76. The Morgan fingerprint density at radius 3 is 3.00 bits per heavy atom. The smallest absolute Gasteiger partial charge is 0.331 e. The standard InChI is InChI=1S/C17H13FN4O2/c1-2-24-10-3-4-11(13(18)7-10)15-9-22-16(20-15)12-8-19-6-5-14(12)21-17(22)23/h3-9H,2H2,1H3,(H,21,23). The molecule has 0 aliphatic rings. The maximum absolute atomic E-state index is 14.4. The molecule has 3 aromatic heterocycles. The van der Waals surface area contributed by atoms with Crippen LogP contribution in [0.3, 0.4) is 0 Å². The number of nitrogens with zero attached hydrogens (tertiary/aromatic N) is 3. The lowest BCUT2D eigenvalue weighted by Crippen LogP contribution is -2.15. The van der Waals surface area contributed by atoms with Gasteiger partial charge in [-0.05, 0) is 25.1 Å². The third kappa shape index (κ3) is 2.21. The third-order valence-electron chi connectivity index (χ3n) is 3.76. The Hall–Kier alpha value is -3.22. The Morgan fingerprint density at radius 2 is 2.21 bits per heavy atom. The van der Waals surface area contributed by atoms with Crippen LogP contribution in [0, 0.1) is 5.82 Å². The number of hydrogen-bond donors (Lipinski definition) is 1. The molecule has 7 heteroatoms. The average Bonchev–Trinajstić information content (AvgIpc) is 3.01. The van der Waals surface area contributed by atoms with Crippen LogP contribution in [-0.4, -0.2) is 26.0 Å². The second kappa shape index (κ2) is 5.45. The fraction of sp³-hybridized carbons (Fsp3) is 0.118. The minimum absolute atomic E-state index is 0.304. The summed E-state index contributed by atoms with van der Waals surface area (Å²) in [4.78, 5) is 23.4. The summed E-state index contributed by atoms with van der Waals surface area (Å²) >= 11 is 0. The van der Waals surface area contributed by atoms with Gasteiger partial charge in [-0.15, -0.1) is 0 Å². The largest absolute Gasteiger partial charge is 0.494 e. The molecule has 0 aliphatic carbocycles. The normalized spacial score (nSPS) is 11.2. The van der Waals surface area contributed by atoms with Gasteiger partial charge >= 0.3 is 5.69 Å². The highest BCUT2D eigenvalue weighted by Gasteiger charge is 2.14. The molecule has 24 heavy (non-hydrogen) atoms. The number of imidazole rings is 1. The molecule has 0 saturated heterocycles. The van der Waals surface area contributed by atoms with Gasteiger partial charge in [0.25, 0.3) is 0 Å². The number of halogens is 1. The minimum atomic E-state index is -0.455. The Labute approximate surface area is 135 Å². The molecule has 4 rings (SSSR count). The molecular formula is C17H13FN4O2. The van der Waals surface area contributed by atoms with E-state index in [0.717, 1.165) is 0 Å². The molecule has 0 saturated carbocycles. The van der Waals surface area contributed by atoms with E-state index in [1.54, 1.807) is 30.6 Å². The minimum Gasteiger partial charge on any atom is -0.494 e. The lowest BCUT2D eigenvalue weighted by Gasteiger charge is -2.04. The van der Waals surface area contributed by atoms with E-state index in [1.807, 2.05) is 6.92 Å². The van der Waals surface area contributed by atoms with E-state index in [4.69, 9.17) is 4.74 Å². The van der Waals surface area contributed by atoms with Gasteiger partial charge in [-0.1, -0.05) is 0 Å². The number of pyridine rings is 1. The van der Waals surface area contributed by atoms with Crippen LogP contribution in [0.1, 0.15) is 6.92 Å². The Balaban J connectivity index is 1.94. The number of fused-ring (bicyclic) bond motifs is 3. The molecule has 0 bridgehead atoms.